The number of aryl methyl sites for hydroxylation is 1. The van der Waals surface area contributed by atoms with Crippen LogP contribution in [0, 0.1) is 6.92 Å². The van der Waals surface area contributed by atoms with Gasteiger partial charge in [0.2, 0.25) is 0 Å². The fourth-order valence-electron chi connectivity index (χ4n) is 2.87. The zero-order valence-corrected chi connectivity index (χ0v) is 12.7. The van der Waals surface area contributed by atoms with E-state index in [4.69, 9.17) is 4.74 Å². The van der Waals surface area contributed by atoms with Crippen LogP contribution in [0.3, 0.4) is 0 Å². The minimum atomic E-state index is -0.230. The van der Waals surface area contributed by atoms with Crippen LogP contribution in [-0.2, 0) is 4.74 Å². The van der Waals surface area contributed by atoms with E-state index in [0.29, 0.717) is 25.4 Å². The second-order valence-electron chi connectivity index (χ2n) is 5.68. The topological polar surface area (TPSA) is 86.9 Å². The molecule has 2 N–H and O–H groups in total. The van der Waals surface area contributed by atoms with Crippen molar-refractivity contribution in [2.24, 2.45) is 0 Å². The predicted octanol–water partition coefficient (Wildman–Crippen LogP) is 1.81. The maximum absolute atomic E-state index is 12.8. The summed E-state index contributed by atoms with van der Waals surface area (Å²) in [5.74, 6) is 0.672. The molecule has 1 atom stereocenters. The fraction of sp³-hybridized carbons (Fsp3) is 0.312. The molecule has 23 heavy (non-hydrogen) atoms. The molecule has 7 heteroatoms. The molecule has 1 aliphatic rings. The van der Waals surface area contributed by atoms with Gasteiger partial charge in [0.25, 0.3) is 5.91 Å². The van der Waals surface area contributed by atoms with Crippen molar-refractivity contribution in [3.63, 3.8) is 0 Å². The van der Waals surface area contributed by atoms with Crippen LogP contribution >= 0.6 is 0 Å². The lowest BCUT2D eigenvalue weighted by Crippen LogP contribution is -2.42. The van der Waals surface area contributed by atoms with Gasteiger partial charge in [0.05, 0.1) is 18.7 Å². The zero-order valence-electron chi connectivity index (χ0n) is 12.7. The van der Waals surface area contributed by atoms with E-state index in [1.807, 2.05) is 31.2 Å². The van der Waals surface area contributed by atoms with Crippen molar-refractivity contribution < 1.29 is 9.53 Å². The molecule has 7 nitrogen and oxygen atoms in total. The van der Waals surface area contributed by atoms with Crippen LogP contribution in [0.25, 0.3) is 10.9 Å². The number of rotatable bonds is 2. The standard InChI is InChI=1S/C16H17N5O2/c1-10-8-17-15(18-10)13-9-21(6-7-23-13)16(22)14-11-4-2-3-5-12(11)19-20-14/h2-5,8,13H,6-7,9H2,1H3,(H,17,18)(H,19,20)/t13-/m1/s1. The molecule has 3 aromatic rings. The number of benzene rings is 1. The maximum atomic E-state index is 12.8. The molecule has 1 amide bonds. The van der Waals surface area contributed by atoms with Crippen LogP contribution < -0.4 is 0 Å². The Kier molecular flexibility index (Phi) is 3.34. The number of imidazole rings is 1. The summed E-state index contributed by atoms with van der Waals surface area (Å²) in [6.45, 7) is 3.44. The van der Waals surface area contributed by atoms with Gasteiger partial charge < -0.3 is 14.6 Å². The number of nitrogens with one attached hydrogen (secondary N) is 2. The number of H-pyrrole nitrogens is 2. The first-order valence-corrected chi connectivity index (χ1v) is 7.58. The Morgan fingerprint density at radius 1 is 1.39 bits per heavy atom. The molecule has 1 fully saturated rings. The summed E-state index contributed by atoms with van der Waals surface area (Å²) >= 11 is 0. The third-order valence-electron chi connectivity index (χ3n) is 4.05. The van der Waals surface area contributed by atoms with E-state index in [9.17, 15) is 4.79 Å². The van der Waals surface area contributed by atoms with Crippen LogP contribution in [0.15, 0.2) is 30.5 Å². The Balaban J connectivity index is 1.58. The number of aromatic amines is 2. The molecular weight excluding hydrogens is 294 g/mol. The normalized spacial score (nSPS) is 18.5. The number of amides is 1. The summed E-state index contributed by atoms with van der Waals surface area (Å²) < 4.78 is 5.75. The van der Waals surface area contributed by atoms with Crippen molar-refractivity contribution in [2.45, 2.75) is 13.0 Å². The van der Waals surface area contributed by atoms with Gasteiger partial charge in [0.15, 0.2) is 5.69 Å². The minimum Gasteiger partial charge on any atom is -0.367 e. The largest absolute Gasteiger partial charge is 0.367 e. The lowest BCUT2D eigenvalue weighted by atomic mass is 10.1. The van der Waals surface area contributed by atoms with Crippen LogP contribution in [0.2, 0.25) is 0 Å². The van der Waals surface area contributed by atoms with E-state index in [1.54, 1.807) is 11.1 Å². The lowest BCUT2D eigenvalue weighted by molar-refractivity contribution is -0.0266. The van der Waals surface area contributed by atoms with Crippen LogP contribution in [0.4, 0.5) is 0 Å². The smallest absolute Gasteiger partial charge is 0.275 e. The second kappa shape index (κ2) is 5.51. The number of fused-ring (bicyclic) bond motifs is 1. The zero-order chi connectivity index (χ0) is 15.8. The molecular formula is C16H17N5O2. The Hall–Kier alpha value is -2.67. The first-order chi connectivity index (χ1) is 11.2. The van der Waals surface area contributed by atoms with E-state index in [2.05, 4.69) is 20.2 Å². The molecule has 3 heterocycles. The van der Waals surface area contributed by atoms with Crippen molar-refractivity contribution >= 4 is 16.8 Å². The van der Waals surface area contributed by atoms with Gasteiger partial charge in [0.1, 0.15) is 11.9 Å². The van der Waals surface area contributed by atoms with Gasteiger partial charge in [-0.05, 0) is 13.0 Å². The molecule has 1 saturated heterocycles. The van der Waals surface area contributed by atoms with E-state index in [1.165, 1.54) is 0 Å². The average Bonchev–Trinajstić information content (AvgIpc) is 3.20. The van der Waals surface area contributed by atoms with Crippen molar-refractivity contribution in [1.82, 2.24) is 25.1 Å². The van der Waals surface area contributed by atoms with Crippen LogP contribution in [0.1, 0.15) is 28.1 Å². The highest BCUT2D eigenvalue weighted by atomic mass is 16.5. The molecule has 0 unspecified atom stereocenters. The van der Waals surface area contributed by atoms with Gasteiger partial charge in [-0.1, -0.05) is 18.2 Å². The molecule has 0 radical (unpaired) electrons. The first-order valence-electron chi connectivity index (χ1n) is 7.58. The van der Waals surface area contributed by atoms with E-state index in [0.717, 1.165) is 22.4 Å². The van der Waals surface area contributed by atoms with Gasteiger partial charge in [0, 0.05) is 23.8 Å². The molecule has 4 rings (SSSR count). The minimum absolute atomic E-state index is 0.0842. The Morgan fingerprint density at radius 3 is 3.09 bits per heavy atom. The number of morpholine rings is 1. The maximum Gasteiger partial charge on any atom is 0.275 e. The van der Waals surface area contributed by atoms with Gasteiger partial charge in [-0.2, -0.15) is 5.10 Å². The highest BCUT2D eigenvalue weighted by Gasteiger charge is 2.29. The number of hydrogen-bond donors (Lipinski definition) is 2. The summed E-state index contributed by atoms with van der Waals surface area (Å²) in [4.78, 5) is 22.1. The number of para-hydroxylation sites is 1. The van der Waals surface area contributed by atoms with E-state index >= 15 is 0 Å². The lowest BCUT2D eigenvalue weighted by Gasteiger charge is -2.31. The number of carbonyl (C=O) groups excluding carboxylic acids is 1. The number of ether oxygens (including phenoxy) is 1. The average molecular weight is 311 g/mol. The second-order valence-corrected chi connectivity index (χ2v) is 5.68. The molecule has 0 bridgehead atoms. The van der Waals surface area contributed by atoms with E-state index < -0.39 is 0 Å². The molecule has 1 aromatic carbocycles. The van der Waals surface area contributed by atoms with Crippen molar-refractivity contribution in [1.29, 1.82) is 0 Å². The van der Waals surface area contributed by atoms with Crippen LogP contribution in [-0.4, -0.2) is 50.7 Å². The number of aromatic nitrogens is 4. The summed E-state index contributed by atoms with van der Waals surface area (Å²) in [7, 11) is 0. The number of nitrogens with zero attached hydrogens (tertiary/aromatic N) is 3. The van der Waals surface area contributed by atoms with Crippen molar-refractivity contribution in [2.75, 3.05) is 19.7 Å². The van der Waals surface area contributed by atoms with Crippen LogP contribution in [0.5, 0.6) is 0 Å². The summed E-state index contributed by atoms with van der Waals surface area (Å²) in [6, 6.07) is 7.63. The third kappa shape index (κ3) is 2.49. The molecule has 2 aromatic heterocycles. The SMILES string of the molecule is Cc1cnc([C@H]2CN(C(=O)c3n[nH]c4ccccc34)CCO2)[nH]1. The van der Waals surface area contributed by atoms with E-state index in [-0.39, 0.29) is 12.0 Å². The molecule has 0 saturated carbocycles. The Labute approximate surface area is 132 Å². The molecule has 118 valence electrons. The summed E-state index contributed by atoms with van der Waals surface area (Å²) in [5.41, 5.74) is 2.30. The quantitative estimate of drug-likeness (QED) is 0.755. The number of carbonyl (C=O) groups is 1. The van der Waals surface area contributed by atoms with Gasteiger partial charge in [-0.15, -0.1) is 0 Å². The molecule has 1 aliphatic heterocycles. The summed E-state index contributed by atoms with van der Waals surface area (Å²) in [5, 5.41) is 7.94. The third-order valence-corrected chi connectivity index (χ3v) is 4.05. The fourth-order valence-corrected chi connectivity index (χ4v) is 2.87. The van der Waals surface area contributed by atoms with Gasteiger partial charge >= 0.3 is 0 Å². The van der Waals surface area contributed by atoms with Gasteiger partial charge in [-0.3, -0.25) is 9.89 Å². The van der Waals surface area contributed by atoms with Gasteiger partial charge in [-0.25, -0.2) is 4.98 Å². The first kappa shape index (κ1) is 14.0. The monoisotopic (exact) mass is 311 g/mol. The molecule has 0 spiro atoms. The predicted molar refractivity (Wildman–Crippen MR) is 84.0 cm³/mol. The van der Waals surface area contributed by atoms with Crippen molar-refractivity contribution in [3.05, 3.63) is 47.7 Å². The number of hydrogen-bond acceptors (Lipinski definition) is 4. The molecule has 0 aliphatic carbocycles. The summed E-state index contributed by atoms with van der Waals surface area (Å²) in [6.07, 6.45) is 1.53. The highest BCUT2D eigenvalue weighted by molar-refractivity contribution is 6.04. The highest BCUT2D eigenvalue weighted by Crippen LogP contribution is 2.23. The van der Waals surface area contributed by atoms with Crippen molar-refractivity contribution in [3.8, 4) is 0 Å². The Morgan fingerprint density at radius 2 is 2.26 bits per heavy atom. The Bertz CT molecular complexity index is 853.